The first-order valence-electron chi connectivity index (χ1n) is 6.53. The standard InChI is InChI=1S/C17H18BrFO/c1-11-4-5-12(2)15(8-11)17(3,20)10-13-6-7-14(19)9-16(13)18/h4-9,20H,10H2,1-3H3. The topological polar surface area (TPSA) is 20.2 Å². The Kier molecular flexibility index (Phi) is 4.31. The number of rotatable bonds is 3. The summed E-state index contributed by atoms with van der Waals surface area (Å²) in [6.45, 7) is 5.79. The van der Waals surface area contributed by atoms with Crippen LogP contribution < -0.4 is 0 Å². The van der Waals surface area contributed by atoms with Crippen molar-refractivity contribution >= 4 is 15.9 Å². The van der Waals surface area contributed by atoms with E-state index in [1.54, 1.807) is 13.0 Å². The molecule has 106 valence electrons. The molecule has 2 aromatic carbocycles. The van der Waals surface area contributed by atoms with Crippen molar-refractivity contribution in [1.82, 2.24) is 0 Å². The van der Waals surface area contributed by atoms with Gasteiger partial charge in [0.15, 0.2) is 0 Å². The van der Waals surface area contributed by atoms with Gasteiger partial charge < -0.3 is 5.11 Å². The molecule has 0 bridgehead atoms. The highest BCUT2D eigenvalue weighted by Gasteiger charge is 2.26. The van der Waals surface area contributed by atoms with E-state index in [1.165, 1.54) is 12.1 Å². The minimum Gasteiger partial charge on any atom is -0.385 e. The third-order valence-electron chi connectivity index (χ3n) is 3.52. The Bertz CT molecular complexity index is 635. The average Bonchev–Trinajstić information content (AvgIpc) is 2.35. The predicted octanol–water partition coefficient (Wildman–Crippen LogP) is 4.66. The highest BCUT2D eigenvalue weighted by atomic mass is 79.9. The Morgan fingerprint density at radius 1 is 1.15 bits per heavy atom. The Labute approximate surface area is 127 Å². The molecule has 0 aromatic heterocycles. The van der Waals surface area contributed by atoms with E-state index >= 15 is 0 Å². The lowest BCUT2D eigenvalue weighted by Gasteiger charge is -2.27. The van der Waals surface area contributed by atoms with Crippen molar-refractivity contribution in [2.75, 3.05) is 0 Å². The fourth-order valence-electron chi connectivity index (χ4n) is 2.45. The van der Waals surface area contributed by atoms with Gasteiger partial charge in [-0.25, -0.2) is 4.39 Å². The first-order chi connectivity index (χ1) is 9.29. The first kappa shape index (κ1) is 15.2. The number of hydrogen-bond donors (Lipinski definition) is 1. The molecule has 0 heterocycles. The lowest BCUT2D eigenvalue weighted by molar-refractivity contribution is 0.0567. The number of halogens is 2. The largest absolute Gasteiger partial charge is 0.385 e. The van der Waals surface area contributed by atoms with Crippen molar-refractivity contribution in [2.24, 2.45) is 0 Å². The van der Waals surface area contributed by atoms with Gasteiger partial charge in [-0.3, -0.25) is 0 Å². The number of aryl methyl sites for hydroxylation is 2. The Morgan fingerprint density at radius 3 is 2.50 bits per heavy atom. The zero-order valence-electron chi connectivity index (χ0n) is 11.9. The van der Waals surface area contributed by atoms with Gasteiger partial charge in [-0.05, 0) is 49.6 Å². The lowest BCUT2D eigenvalue weighted by atomic mass is 9.85. The highest BCUT2D eigenvalue weighted by Crippen LogP contribution is 2.31. The molecule has 2 rings (SSSR count). The molecule has 0 fully saturated rings. The van der Waals surface area contributed by atoms with Crippen LogP contribution in [0, 0.1) is 19.7 Å². The second-order valence-electron chi connectivity index (χ2n) is 5.50. The van der Waals surface area contributed by atoms with Crippen LogP contribution in [0.1, 0.15) is 29.2 Å². The third kappa shape index (κ3) is 3.28. The summed E-state index contributed by atoms with van der Waals surface area (Å²) in [6.07, 6.45) is 0.429. The van der Waals surface area contributed by atoms with Crippen LogP contribution in [0.25, 0.3) is 0 Å². The fourth-order valence-corrected chi connectivity index (χ4v) is 2.94. The van der Waals surface area contributed by atoms with Crippen LogP contribution in [-0.2, 0) is 12.0 Å². The number of benzene rings is 2. The van der Waals surface area contributed by atoms with Crippen LogP contribution in [0.2, 0.25) is 0 Å². The molecular weight excluding hydrogens is 319 g/mol. The van der Waals surface area contributed by atoms with Crippen molar-refractivity contribution < 1.29 is 9.50 Å². The number of hydrogen-bond acceptors (Lipinski definition) is 1. The molecule has 2 aromatic rings. The molecular formula is C17H18BrFO. The van der Waals surface area contributed by atoms with E-state index in [0.717, 1.165) is 22.3 Å². The number of aliphatic hydroxyl groups is 1. The predicted molar refractivity (Wildman–Crippen MR) is 83.3 cm³/mol. The molecule has 20 heavy (non-hydrogen) atoms. The monoisotopic (exact) mass is 336 g/mol. The van der Waals surface area contributed by atoms with E-state index in [9.17, 15) is 9.50 Å². The Hall–Kier alpha value is -1.19. The normalized spacial score (nSPS) is 14.1. The fraction of sp³-hybridized carbons (Fsp3) is 0.294. The van der Waals surface area contributed by atoms with Crippen LogP contribution in [-0.4, -0.2) is 5.11 Å². The van der Waals surface area contributed by atoms with Gasteiger partial charge in [-0.2, -0.15) is 0 Å². The molecule has 0 amide bonds. The van der Waals surface area contributed by atoms with Gasteiger partial charge in [0.2, 0.25) is 0 Å². The summed E-state index contributed by atoms with van der Waals surface area (Å²) in [5, 5.41) is 10.8. The van der Waals surface area contributed by atoms with Gasteiger partial charge in [-0.15, -0.1) is 0 Å². The molecule has 0 aliphatic rings. The van der Waals surface area contributed by atoms with E-state index < -0.39 is 5.60 Å². The lowest BCUT2D eigenvalue weighted by Crippen LogP contribution is -2.25. The van der Waals surface area contributed by atoms with Gasteiger partial charge in [0.05, 0.1) is 5.60 Å². The zero-order chi connectivity index (χ0) is 14.9. The first-order valence-corrected chi connectivity index (χ1v) is 7.33. The van der Waals surface area contributed by atoms with Gasteiger partial charge >= 0.3 is 0 Å². The van der Waals surface area contributed by atoms with Gasteiger partial charge in [0.1, 0.15) is 5.82 Å². The molecule has 1 unspecified atom stereocenters. The zero-order valence-corrected chi connectivity index (χ0v) is 13.5. The van der Waals surface area contributed by atoms with Crippen LogP contribution in [0.3, 0.4) is 0 Å². The minimum atomic E-state index is -0.990. The molecule has 1 atom stereocenters. The smallest absolute Gasteiger partial charge is 0.124 e. The van der Waals surface area contributed by atoms with Crippen LogP contribution in [0.15, 0.2) is 40.9 Å². The van der Waals surface area contributed by atoms with E-state index in [0.29, 0.717) is 10.9 Å². The molecule has 0 radical (unpaired) electrons. The van der Waals surface area contributed by atoms with Crippen molar-refractivity contribution in [2.45, 2.75) is 32.8 Å². The quantitative estimate of drug-likeness (QED) is 0.864. The summed E-state index contributed by atoms with van der Waals surface area (Å²) < 4.78 is 13.8. The summed E-state index contributed by atoms with van der Waals surface area (Å²) >= 11 is 3.35. The summed E-state index contributed by atoms with van der Waals surface area (Å²) in [7, 11) is 0. The van der Waals surface area contributed by atoms with Crippen molar-refractivity contribution in [3.05, 3.63) is 68.9 Å². The molecule has 0 saturated heterocycles. The van der Waals surface area contributed by atoms with E-state index in [4.69, 9.17) is 0 Å². The summed E-state index contributed by atoms with van der Waals surface area (Å²) in [6, 6.07) is 10.6. The summed E-state index contributed by atoms with van der Waals surface area (Å²) in [5.74, 6) is -0.285. The van der Waals surface area contributed by atoms with Crippen LogP contribution >= 0.6 is 15.9 Å². The Morgan fingerprint density at radius 2 is 1.85 bits per heavy atom. The maximum Gasteiger partial charge on any atom is 0.124 e. The molecule has 3 heteroatoms. The second-order valence-corrected chi connectivity index (χ2v) is 6.36. The molecule has 0 saturated carbocycles. The van der Waals surface area contributed by atoms with Crippen LogP contribution in [0.4, 0.5) is 4.39 Å². The highest BCUT2D eigenvalue weighted by molar-refractivity contribution is 9.10. The SMILES string of the molecule is Cc1ccc(C)c(C(C)(O)Cc2ccc(F)cc2Br)c1. The van der Waals surface area contributed by atoms with Crippen molar-refractivity contribution in [3.63, 3.8) is 0 Å². The van der Waals surface area contributed by atoms with E-state index in [-0.39, 0.29) is 5.82 Å². The summed E-state index contributed by atoms with van der Waals surface area (Å²) in [5.41, 5.74) is 2.98. The molecule has 1 N–H and O–H groups in total. The Balaban J connectivity index is 2.37. The van der Waals surface area contributed by atoms with E-state index in [2.05, 4.69) is 15.9 Å². The second kappa shape index (κ2) is 5.66. The maximum absolute atomic E-state index is 13.1. The van der Waals surface area contributed by atoms with Crippen molar-refractivity contribution in [3.8, 4) is 0 Å². The molecule has 0 aliphatic carbocycles. The van der Waals surface area contributed by atoms with Gasteiger partial charge in [0.25, 0.3) is 0 Å². The van der Waals surface area contributed by atoms with Crippen LogP contribution in [0.5, 0.6) is 0 Å². The minimum absolute atomic E-state index is 0.285. The molecule has 0 aliphatic heterocycles. The molecule has 1 nitrogen and oxygen atoms in total. The van der Waals surface area contributed by atoms with Crippen molar-refractivity contribution in [1.29, 1.82) is 0 Å². The van der Waals surface area contributed by atoms with E-state index in [1.807, 2.05) is 32.0 Å². The maximum atomic E-state index is 13.1. The molecule has 0 spiro atoms. The van der Waals surface area contributed by atoms with Gasteiger partial charge in [-0.1, -0.05) is 45.8 Å². The van der Waals surface area contributed by atoms with Gasteiger partial charge in [0, 0.05) is 10.9 Å². The summed E-state index contributed by atoms with van der Waals surface area (Å²) in [4.78, 5) is 0. The average molecular weight is 337 g/mol. The third-order valence-corrected chi connectivity index (χ3v) is 4.26.